The number of nitriles is 1. The number of rotatable bonds is 4. The molecule has 0 aromatic carbocycles. The van der Waals surface area contributed by atoms with Crippen molar-refractivity contribution >= 4 is 5.82 Å². The van der Waals surface area contributed by atoms with Crippen LogP contribution in [0, 0.1) is 11.3 Å². The molecule has 6 nitrogen and oxygen atoms in total. The fraction of sp³-hybridized carbons (Fsp3) is 0.545. The first kappa shape index (κ1) is 11.8. The molecule has 1 aliphatic heterocycles. The molecule has 0 bridgehead atoms. The zero-order chi connectivity index (χ0) is 12.1. The molecule has 0 aliphatic carbocycles. The number of aromatic nitrogens is 2. The van der Waals surface area contributed by atoms with Gasteiger partial charge in [0.1, 0.15) is 11.7 Å². The smallest absolute Gasteiger partial charge is 0.166 e. The van der Waals surface area contributed by atoms with Gasteiger partial charge in [0.05, 0.1) is 18.4 Å². The second-order valence-corrected chi connectivity index (χ2v) is 3.95. The number of hydrogen-bond acceptors (Lipinski definition) is 6. The summed E-state index contributed by atoms with van der Waals surface area (Å²) in [6.45, 7) is 1.80. The van der Waals surface area contributed by atoms with Crippen molar-refractivity contribution in [3.05, 3.63) is 17.8 Å². The van der Waals surface area contributed by atoms with E-state index in [0.29, 0.717) is 31.1 Å². The molecule has 1 fully saturated rings. The number of anilines is 1. The predicted molar refractivity (Wildman–Crippen MR) is 60.4 cm³/mol. The van der Waals surface area contributed by atoms with Gasteiger partial charge in [0.2, 0.25) is 0 Å². The third-order valence-corrected chi connectivity index (χ3v) is 2.92. The van der Waals surface area contributed by atoms with E-state index in [4.69, 9.17) is 14.7 Å². The Labute approximate surface area is 99.6 Å². The van der Waals surface area contributed by atoms with Crippen LogP contribution < -0.4 is 5.32 Å². The Morgan fingerprint density at radius 3 is 3.24 bits per heavy atom. The van der Waals surface area contributed by atoms with Crippen molar-refractivity contribution < 1.29 is 9.47 Å². The minimum atomic E-state index is -0.329. The van der Waals surface area contributed by atoms with Gasteiger partial charge in [-0.05, 0) is 6.07 Å². The van der Waals surface area contributed by atoms with Crippen molar-refractivity contribution in [2.24, 2.45) is 0 Å². The first-order valence-electron chi connectivity index (χ1n) is 5.38. The van der Waals surface area contributed by atoms with E-state index < -0.39 is 0 Å². The van der Waals surface area contributed by atoms with Crippen molar-refractivity contribution in [3.8, 4) is 6.07 Å². The van der Waals surface area contributed by atoms with Crippen LogP contribution in [-0.4, -0.2) is 42.7 Å². The minimum absolute atomic E-state index is 0.329. The minimum Gasteiger partial charge on any atom is -0.378 e. The van der Waals surface area contributed by atoms with Crippen LogP contribution in [0.1, 0.15) is 12.0 Å². The summed E-state index contributed by atoms with van der Waals surface area (Å²) in [7, 11) is 1.66. The first-order valence-corrected chi connectivity index (χ1v) is 5.38. The normalized spacial score (nSPS) is 23.3. The molecule has 2 heterocycles. The highest BCUT2D eigenvalue weighted by atomic mass is 16.5. The topological polar surface area (TPSA) is 80.1 Å². The molecule has 1 aromatic heterocycles. The van der Waals surface area contributed by atoms with Gasteiger partial charge < -0.3 is 14.8 Å². The van der Waals surface area contributed by atoms with Crippen LogP contribution in [0.4, 0.5) is 5.82 Å². The van der Waals surface area contributed by atoms with Gasteiger partial charge >= 0.3 is 0 Å². The van der Waals surface area contributed by atoms with Gasteiger partial charge in [-0.2, -0.15) is 10.4 Å². The average molecular weight is 234 g/mol. The Morgan fingerprint density at radius 2 is 2.59 bits per heavy atom. The number of nitrogens with zero attached hydrogens (tertiary/aromatic N) is 3. The molecule has 1 saturated heterocycles. The second kappa shape index (κ2) is 5.08. The molecule has 0 spiro atoms. The van der Waals surface area contributed by atoms with Crippen molar-refractivity contribution in [2.75, 3.05) is 32.2 Å². The SMILES string of the molecule is COC1(CNc2nnccc2C#N)CCOC1. The van der Waals surface area contributed by atoms with Crippen LogP contribution in [0.5, 0.6) is 0 Å². The Kier molecular flexibility index (Phi) is 3.52. The Hall–Kier alpha value is -1.71. The largest absolute Gasteiger partial charge is 0.378 e. The molecule has 2 rings (SSSR count). The average Bonchev–Trinajstić information content (AvgIpc) is 2.86. The molecule has 1 unspecified atom stereocenters. The van der Waals surface area contributed by atoms with Crippen LogP contribution >= 0.6 is 0 Å². The van der Waals surface area contributed by atoms with Crippen molar-refractivity contribution in [1.82, 2.24) is 10.2 Å². The number of methoxy groups -OCH3 is 1. The Bertz CT molecular complexity index is 424. The summed E-state index contributed by atoms with van der Waals surface area (Å²) < 4.78 is 10.8. The standard InChI is InChI=1S/C11H14N4O2/c1-16-11(3-5-17-8-11)7-13-10-9(6-12)2-4-14-15-10/h2,4H,3,5,7-8H2,1H3,(H,13,15). The summed E-state index contributed by atoms with van der Waals surface area (Å²) >= 11 is 0. The van der Waals surface area contributed by atoms with E-state index in [1.54, 1.807) is 13.2 Å². The van der Waals surface area contributed by atoms with Gasteiger partial charge in [-0.15, -0.1) is 5.10 Å². The van der Waals surface area contributed by atoms with Crippen LogP contribution in [-0.2, 0) is 9.47 Å². The highest BCUT2D eigenvalue weighted by Gasteiger charge is 2.34. The summed E-state index contributed by atoms with van der Waals surface area (Å²) in [6.07, 6.45) is 2.33. The highest BCUT2D eigenvalue weighted by Crippen LogP contribution is 2.23. The van der Waals surface area contributed by atoms with E-state index in [9.17, 15) is 0 Å². The van der Waals surface area contributed by atoms with Crippen LogP contribution in [0.15, 0.2) is 12.3 Å². The highest BCUT2D eigenvalue weighted by molar-refractivity contribution is 5.50. The van der Waals surface area contributed by atoms with Gasteiger partial charge in [-0.25, -0.2) is 0 Å². The summed E-state index contributed by atoms with van der Waals surface area (Å²) in [5.74, 6) is 0.485. The van der Waals surface area contributed by atoms with Crippen molar-refractivity contribution in [3.63, 3.8) is 0 Å². The molecule has 0 radical (unpaired) electrons. The van der Waals surface area contributed by atoms with E-state index in [1.807, 2.05) is 0 Å². The maximum absolute atomic E-state index is 8.92. The molecule has 1 N–H and O–H groups in total. The first-order chi connectivity index (χ1) is 8.29. The Balaban J connectivity index is 2.04. The number of ether oxygens (including phenoxy) is 2. The molecule has 6 heteroatoms. The molecular weight excluding hydrogens is 220 g/mol. The van der Waals surface area contributed by atoms with E-state index in [0.717, 1.165) is 6.42 Å². The Morgan fingerprint density at radius 1 is 1.71 bits per heavy atom. The molecule has 0 saturated carbocycles. The molecule has 1 atom stereocenters. The molecule has 1 aromatic rings. The molecule has 17 heavy (non-hydrogen) atoms. The van der Waals surface area contributed by atoms with Gasteiger partial charge in [0.25, 0.3) is 0 Å². The summed E-state index contributed by atoms with van der Waals surface area (Å²) in [5.41, 5.74) is 0.148. The van der Waals surface area contributed by atoms with Crippen molar-refractivity contribution in [1.29, 1.82) is 5.26 Å². The molecular formula is C11H14N4O2. The lowest BCUT2D eigenvalue weighted by Crippen LogP contribution is -2.39. The summed E-state index contributed by atoms with van der Waals surface area (Å²) in [4.78, 5) is 0. The van der Waals surface area contributed by atoms with Crippen LogP contribution in [0.25, 0.3) is 0 Å². The van der Waals surface area contributed by atoms with E-state index in [1.165, 1.54) is 6.20 Å². The summed E-state index contributed by atoms with van der Waals surface area (Å²) in [6, 6.07) is 3.69. The van der Waals surface area contributed by atoms with Crippen LogP contribution in [0.2, 0.25) is 0 Å². The third kappa shape index (κ3) is 2.52. The maximum atomic E-state index is 8.92. The molecule has 90 valence electrons. The molecule has 0 amide bonds. The number of hydrogen-bond donors (Lipinski definition) is 1. The lowest BCUT2D eigenvalue weighted by atomic mass is 10.0. The van der Waals surface area contributed by atoms with E-state index in [2.05, 4.69) is 21.6 Å². The van der Waals surface area contributed by atoms with Gasteiger partial charge in [-0.1, -0.05) is 0 Å². The maximum Gasteiger partial charge on any atom is 0.166 e. The lowest BCUT2D eigenvalue weighted by Gasteiger charge is -2.26. The molecule has 1 aliphatic rings. The monoisotopic (exact) mass is 234 g/mol. The van der Waals surface area contributed by atoms with Gasteiger partial charge in [-0.3, -0.25) is 0 Å². The number of nitrogens with one attached hydrogen (secondary N) is 1. The zero-order valence-corrected chi connectivity index (χ0v) is 9.64. The quantitative estimate of drug-likeness (QED) is 0.820. The third-order valence-electron chi connectivity index (χ3n) is 2.92. The van der Waals surface area contributed by atoms with Crippen LogP contribution in [0.3, 0.4) is 0 Å². The summed E-state index contributed by atoms with van der Waals surface area (Å²) in [5, 5.41) is 19.7. The predicted octanol–water partition coefficient (Wildman–Crippen LogP) is 0.566. The van der Waals surface area contributed by atoms with Gasteiger partial charge in [0, 0.05) is 26.7 Å². The van der Waals surface area contributed by atoms with E-state index >= 15 is 0 Å². The second-order valence-electron chi connectivity index (χ2n) is 3.95. The zero-order valence-electron chi connectivity index (χ0n) is 9.64. The van der Waals surface area contributed by atoms with Crippen molar-refractivity contribution in [2.45, 2.75) is 12.0 Å². The fourth-order valence-corrected chi connectivity index (χ4v) is 1.76. The van der Waals surface area contributed by atoms with E-state index in [-0.39, 0.29) is 5.60 Å². The lowest BCUT2D eigenvalue weighted by molar-refractivity contribution is -0.00626. The van der Waals surface area contributed by atoms with Gasteiger partial charge in [0.15, 0.2) is 5.82 Å². The fourth-order valence-electron chi connectivity index (χ4n) is 1.76.